The van der Waals surface area contributed by atoms with Crippen molar-refractivity contribution in [2.45, 2.75) is 12.5 Å². The van der Waals surface area contributed by atoms with E-state index in [0.717, 1.165) is 16.7 Å². The van der Waals surface area contributed by atoms with E-state index >= 15 is 0 Å². The first-order valence-corrected chi connectivity index (χ1v) is 10.9. The van der Waals surface area contributed by atoms with Crippen molar-refractivity contribution in [3.05, 3.63) is 86.0 Å². The van der Waals surface area contributed by atoms with Gasteiger partial charge in [-0.15, -0.1) is 0 Å². The molecule has 1 atom stereocenters. The summed E-state index contributed by atoms with van der Waals surface area (Å²) in [5.74, 6) is -2.48. The third-order valence-electron chi connectivity index (χ3n) is 5.16. The molecule has 180 valence electrons. The lowest BCUT2D eigenvalue weighted by molar-refractivity contribution is -0.119. The van der Waals surface area contributed by atoms with Gasteiger partial charge in [-0.05, 0) is 36.4 Å². The van der Waals surface area contributed by atoms with Crippen molar-refractivity contribution in [3.63, 3.8) is 0 Å². The van der Waals surface area contributed by atoms with Gasteiger partial charge < -0.3 is 20.4 Å². The van der Waals surface area contributed by atoms with Crippen LogP contribution in [-0.4, -0.2) is 30.1 Å². The number of carbonyl (C=O) groups is 2. The molecule has 35 heavy (non-hydrogen) atoms. The zero-order chi connectivity index (χ0) is 25.7. The fourth-order valence-corrected chi connectivity index (χ4v) is 3.89. The summed E-state index contributed by atoms with van der Waals surface area (Å²) >= 11 is 12.5. The first kappa shape index (κ1) is 25.9. The van der Waals surface area contributed by atoms with E-state index in [0.29, 0.717) is 10.6 Å². The van der Waals surface area contributed by atoms with Crippen molar-refractivity contribution in [2.75, 3.05) is 19.0 Å². The average Bonchev–Trinajstić information content (AvgIpc) is 2.81. The fourth-order valence-electron chi connectivity index (χ4n) is 3.45. The number of anilines is 1. The van der Waals surface area contributed by atoms with Crippen LogP contribution in [0.5, 0.6) is 0 Å². The van der Waals surface area contributed by atoms with Crippen LogP contribution >= 0.6 is 23.2 Å². The number of ether oxygens (including phenoxy) is 1. The number of hydrogen-bond acceptors (Lipinski definition) is 5. The highest BCUT2D eigenvalue weighted by Crippen LogP contribution is 2.32. The zero-order valence-electron chi connectivity index (χ0n) is 18.3. The maximum absolute atomic E-state index is 14.1. The molecule has 3 aromatic rings. The lowest BCUT2D eigenvalue weighted by Gasteiger charge is -2.20. The van der Waals surface area contributed by atoms with E-state index in [4.69, 9.17) is 33.7 Å². The number of halogens is 3. The molecule has 0 aliphatic heterocycles. The maximum Gasteiger partial charge on any atom is 0.251 e. The lowest BCUT2D eigenvalue weighted by Crippen LogP contribution is -2.34. The van der Waals surface area contributed by atoms with Crippen molar-refractivity contribution < 1.29 is 18.7 Å². The molecular weight excluding hydrogens is 498 g/mol. The fraction of sp³-hybridized carbons (Fsp3) is 0.167. The number of nitriles is 1. The SMILES string of the molecule is COCCC(C(=O)Nc1ccc(C(N)=O)c(F)c1)n1cc(Cl)c(-c2cc(Cl)ccc2C#N)cc1=O. The maximum atomic E-state index is 14.1. The second-order valence-corrected chi connectivity index (χ2v) is 8.27. The summed E-state index contributed by atoms with van der Waals surface area (Å²) in [6.07, 6.45) is 1.39. The van der Waals surface area contributed by atoms with Gasteiger partial charge in [-0.25, -0.2) is 4.39 Å². The molecule has 0 bridgehead atoms. The molecule has 0 saturated carbocycles. The van der Waals surface area contributed by atoms with Gasteiger partial charge in [0.05, 0.1) is 22.2 Å². The van der Waals surface area contributed by atoms with Crippen LogP contribution in [-0.2, 0) is 9.53 Å². The molecule has 0 spiro atoms. The van der Waals surface area contributed by atoms with Crippen LogP contribution < -0.4 is 16.6 Å². The number of aromatic nitrogens is 1. The van der Waals surface area contributed by atoms with E-state index < -0.39 is 29.2 Å². The molecule has 0 saturated heterocycles. The Bertz CT molecular complexity index is 1400. The minimum Gasteiger partial charge on any atom is -0.385 e. The van der Waals surface area contributed by atoms with Crippen LogP contribution in [0.4, 0.5) is 10.1 Å². The normalized spacial score (nSPS) is 11.5. The first-order chi connectivity index (χ1) is 16.7. The summed E-state index contributed by atoms with van der Waals surface area (Å²) in [4.78, 5) is 37.3. The molecule has 3 rings (SSSR count). The van der Waals surface area contributed by atoms with Gasteiger partial charge in [0.25, 0.3) is 11.5 Å². The smallest absolute Gasteiger partial charge is 0.251 e. The molecule has 3 N–H and O–H groups in total. The minimum atomic E-state index is -1.07. The van der Waals surface area contributed by atoms with E-state index in [2.05, 4.69) is 5.32 Å². The molecule has 0 aliphatic rings. The Morgan fingerprint density at radius 2 is 1.94 bits per heavy atom. The second kappa shape index (κ2) is 11.1. The Kier molecular flexibility index (Phi) is 8.25. The van der Waals surface area contributed by atoms with Crippen LogP contribution in [0.2, 0.25) is 10.0 Å². The molecule has 1 aromatic heterocycles. The van der Waals surface area contributed by atoms with Crippen LogP contribution in [0.1, 0.15) is 28.4 Å². The second-order valence-electron chi connectivity index (χ2n) is 7.43. The number of primary amides is 1. The molecule has 2 amide bonds. The number of amides is 2. The molecule has 1 heterocycles. The summed E-state index contributed by atoms with van der Waals surface area (Å²) in [5.41, 5.74) is 5.19. The lowest BCUT2D eigenvalue weighted by atomic mass is 10.0. The van der Waals surface area contributed by atoms with E-state index in [9.17, 15) is 24.0 Å². The molecule has 2 aromatic carbocycles. The highest BCUT2D eigenvalue weighted by Gasteiger charge is 2.24. The van der Waals surface area contributed by atoms with Gasteiger partial charge in [-0.1, -0.05) is 23.2 Å². The summed E-state index contributed by atoms with van der Waals surface area (Å²) in [7, 11) is 1.44. The van der Waals surface area contributed by atoms with Crippen molar-refractivity contribution in [1.29, 1.82) is 5.26 Å². The van der Waals surface area contributed by atoms with Crippen LogP contribution in [0.15, 0.2) is 53.5 Å². The van der Waals surface area contributed by atoms with Crippen LogP contribution in [0, 0.1) is 17.1 Å². The summed E-state index contributed by atoms with van der Waals surface area (Å²) < 4.78 is 20.3. The van der Waals surface area contributed by atoms with Gasteiger partial charge in [0, 0.05) is 54.2 Å². The number of methoxy groups -OCH3 is 1. The quantitative estimate of drug-likeness (QED) is 0.464. The number of nitrogens with one attached hydrogen (secondary N) is 1. The van der Waals surface area contributed by atoms with Crippen molar-refractivity contribution in [1.82, 2.24) is 4.57 Å². The summed E-state index contributed by atoms with van der Waals surface area (Å²) in [6, 6.07) is 10.2. The highest BCUT2D eigenvalue weighted by molar-refractivity contribution is 6.34. The first-order valence-electron chi connectivity index (χ1n) is 10.2. The van der Waals surface area contributed by atoms with Gasteiger partial charge in [0.2, 0.25) is 5.91 Å². The van der Waals surface area contributed by atoms with E-state index in [1.165, 1.54) is 37.6 Å². The Morgan fingerprint density at radius 1 is 1.20 bits per heavy atom. The van der Waals surface area contributed by atoms with E-state index in [1.54, 1.807) is 6.07 Å². The molecule has 1 unspecified atom stereocenters. The predicted octanol–water partition coefficient (Wildman–Crippen LogP) is 4.15. The summed E-state index contributed by atoms with van der Waals surface area (Å²) in [6.45, 7) is 0.131. The van der Waals surface area contributed by atoms with Gasteiger partial charge in [0.15, 0.2) is 0 Å². The predicted molar refractivity (Wildman–Crippen MR) is 130 cm³/mol. The number of nitrogens with two attached hydrogens (primary N) is 1. The van der Waals surface area contributed by atoms with Crippen molar-refractivity contribution in [3.8, 4) is 17.2 Å². The van der Waals surface area contributed by atoms with E-state index in [1.807, 2.05) is 6.07 Å². The minimum absolute atomic E-state index is 0.0632. The average molecular weight is 517 g/mol. The monoisotopic (exact) mass is 516 g/mol. The number of hydrogen-bond donors (Lipinski definition) is 2. The van der Waals surface area contributed by atoms with Gasteiger partial charge in [-0.3, -0.25) is 14.4 Å². The van der Waals surface area contributed by atoms with Gasteiger partial charge >= 0.3 is 0 Å². The molecule has 0 radical (unpaired) electrons. The Hall–Kier alpha value is -3.71. The molecule has 11 heteroatoms. The zero-order valence-corrected chi connectivity index (χ0v) is 19.9. The number of nitrogens with zero attached hydrogens (tertiary/aromatic N) is 2. The van der Waals surface area contributed by atoms with Crippen molar-refractivity contribution in [2.24, 2.45) is 5.73 Å². The van der Waals surface area contributed by atoms with Gasteiger partial charge in [0.1, 0.15) is 11.9 Å². The Morgan fingerprint density at radius 3 is 2.57 bits per heavy atom. The van der Waals surface area contributed by atoms with Crippen LogP contribution in [0.25, 0.3) is 11.1 Å². The number of rotatable bonds is 8. The molecule has 0 fully saturated rings. The van der Waals surface area contributed by atoms with E-state index in [-0.39, 0.29) is 40.4 Å². The molecular formula is C24H19Cl2FN4O4. The number of carbonyl (C=O) groups excluding carboxylic acids is 2. The van der Waals surface area contributed by atoms with Crippen molar-refractivity contribution >= 4 is 40.7 Å². The van der Waals surface area contributed by atoms with Crippen LogP contribution in [0.3, 0.4) is 0 Å². The number of benzene rings is 2. The third kappa shape index (κ3) is 5.87. The highest BCUT2D eigenvalue weighted by atomic mass is 35.5. The third-order valence-corrected chi connectivity index (χ3v) is 5.70. The Balaban J connectivity index is 2.00. The number of pyridine rings is 1. The summed E-state index contributed by atoms with van der Waals surface area (Å²) in [5, 5.41) is 12.4. The topological polar surface area (TPSA) is 127 Å². The Labute approximate surface area is 209 Å². The molecule has 0 aliphatic carbocycles. The largest absolute Gasteiger partial charge is 0.385 e. The standard InChI is InChI=1S/C24H19Cl2FN4O4/c1-35-7-6-21(24(34)30-15-4-5-16(23(29)33)20(27)9-15)31-12-19(26)18(10-22(31)32)17-8-14(25)3-2-13(17)11-28/h2-5,8-10,12,21H,6-7H2,1H3,(H2,29,33)(H,30,34). The van der Waals surface area contributed by atoms with Gasteiger partial charge in [-0.2, -0.15) is 5.26 Å². The molecule has 8 nitrogen and oxygen atoms in total.